The molecule has 0 fully saturated rings. The summed E-state index contributed by atoms with van der Waals surface area (Å²) in [4.78, 5) is 0. The zero-order chi connectivity index (χ0) is 12.0. The number of nitrogens with two attached hydrogens (primary N) is 1. The van der Waals surface area contributed by atoms with Gasteiger partial charge in [0, 0.05) is 13.7 Å². The van der Waals surface area contributed by atoms with Crippen LogP contribution in [0.3, 0.4) is 0 Å². The van der Waals surface area contributed by atoms with Crippen LogP contribution in [0.25, 0.3) is 0 Å². The number of rotatable bonds is 6. The lowest BCUT2D eigenvalue weighted by atomic mass is 10.2. The molecule has 5 heteroatoms. The summed E-state index contributed by atoms with van der Waals surface area (Å²) < 4.78 is 16.4. The first-order valence-corrected chi connectivity index (χ1v) is 5.72. The molecule has 0 aromatic heterocycles. The lowest BCUT2D eigenvalue weighted by Gasteiger charge is -2.13. The predicted octanol–water partition coefficient (Wildman–Crippen LogP) is 2.25. The van der Waals surface area contributed by atoms with Crippen LogP contribution in [0.15, 0.2) is 22.7 Å². The van der Waals surface area contributed by atoms with Crippen LogP contribution in [0.5, 0.6) is 5.75 Å². The monoisotopic (exact) mass is 289 g/mol. The van der Waals surface area contributed by atoms with Crippen molar-refractivity contribution in [3.8, 4) is 5.75 Å². The van der Waals surface area contributed by atoms with Crippen LogP contribution in [0.2, 0.25) is 0 Å². The molecule has 0 amide bonds. The maximum Gasteiger partial charge on any atom is 0.191 e. The van der Waals surface area contributed by atoms with Crippen molar-refractivity contribution in [1.29, 1.82) is 0 Å². The van der Waals surface area contributed by atoms with Crippen LogP contribution < -0.4 is 10.5 Å². The maximum atomic E-state index is 5.52. The highest BCUT2D eigenvalue weighted by molar-refractivity contribution is 9.10. The van der Waals surface area contributed by atoms with E-state index in [1.54, 1.807) is 14.0 Å². The Morgan fingerprint density at radius 1 is 1.44 bits per heavy atom. The Bertz CT molecular complexity index is 333. The Balaban J connectivity index is 2.48. The van der Waals surface area contributed by atoms with E-state index < -0.39 is 0 Å². The van der Waals surface area contributed by atoms with Gasteiger partial charge in [0.1, 0.15) is 5.75 Å². The number of hydrogen-bond donors (Lipinski definition) is 1. The molecule has 90 valence electrons. The summed E-state index contributed by atoms with van der Waals surface area (Å²) in [6.45, 7) is 2.46. The summed E-state index contributed by atoms with van der Waals surface area (Å²) in [6.07, 6.45) is -0.276. The van der Waals surface area contributed by atoms with Gasteiger partial charge in [-0.3, -0.25) is 0 Å². The fourth-order valence-corrected chi connectivity index (χ4v) is 1.59. The molecule has 0 radical (unpaired) electrons. The van der Waals surface area contributed by atoms with Crippen molar-refractivity contribution in [3.05, 3.63) is 28.2 Å². The summed E-state index contributed by atoms with van der Waals surface area (Å²) in [5.41, 5.74) is 6.57. The molecule has 0 bridgehead atoms. The minimum atomic E-state index is -0.276. The van der Waals surface area contributed by atoms with E-state index in [4.69, 9.17) is 19.9 Å². The molecule has 1 unspecified atom stereocenters. The molecule has 0 aliphatic heterocycles. The molecule has 1 aromatic rings. The third-order valence-corrected chi connectivity index (χ3v) is 2.70. The maximum absolute atomic E-state index is 5.52. The van der Waals surface area contributed by atoms with E-state index in [2.05, 4.69) is 15.9 Å². The quantitative estimate of drug-likeness (QED) is 0.816. The summed E-state index contributed by atoms with van der Waals surface area (Å²) in [5.74, 6) is 0.723. The molecule has 0 aliphatic carbocycles. The number of hydrogen-bond acceptors (Lipinski definition) is 4. The van der Waals surface area contributed by atoms with Crippen molar-refractivity contribution >= 4 is 15.9 Å². The van der Waals surface area contributed by atoms with Gasteiger partial charge in [0.25, 0.3) is 0 Å². The minimum Gasteiger partial charge on any atom is -0.466 e. The van der Waals surface area contributed by atoms with E-state index in [0.29, 0.717) is 6.54 Å². The third-order valence-electron chi connectivity index (χ3n) is 2.08. The lowest BCUT2D eigenvalue weighted by molar-refractivity contribution is -0.149. The summed E-state index contributed by atoms with van der Waals surface area (Å²) in [7, 11) is 1.58. The Kier molecular flexibility index (Phi) is 5.76. The van der Waals surface area contributed by atoms with Gasteiger partial charge in [0.2, 0.25) is 0 Å². The van der Waals surface area contributed by atoms with E-state index in [-0.39, 0.29) is 13.1 Å². The van der Waals surface area contributed by atoms with Gasteiger partial charge in [0.15, 0.2) is 13.1 Å². The van der Waals surface area contributed by atoms with Crippen molar-refractivity contribution in [2.24, 2.45) is 5.73 Å². The Morgan fingerprint density at radius 3 is 2.75 bits per heavy atom. The average molecular weight is 290 g/mol. The first-order valence-electron chi connectivity index (χ1n) is 4.93. The largest absolute Gasteiger partial charge is 0.466 e. The SMILES string of the molecule is COC(C)OCOc1ccc(CN)cc1Br. The summed E-state index contributed by atoms with van der Waals surface area (Å²) in [5, 5.41) is 0. The van der Waals surface area contributed by atoms with Gasteiger partial charge in [-0.05, 0) is 40.5 Å². The molecule has 2 N–H and O–H groups in total. The molecule has 1 aromatic carbocycles. The van der Waals surface area contributed by atoms with E-state index in [1.807, 2.05) is 18.2 Å². The van der Waals surface area contributed by atoms with Gasteiger partial charge in [-0.1, -0.05) is 6.07 Å². The van der Waals surface area contributed by atoms with E-state index in [0.717, 1.165) is 15.8 Å². The van der Waals surface area contributed by atoms with Gasteiger partial charge >= 0.3 is 0 Å². The van der Waals surface area contributed by atoms with Gasteiger partial charge in [-0.2, -0.15) is 0 Å². The van der Waals surface area contributed by atoms with Crippen molar-refractivity contribution < 1.29 is 14.2 Å². The number of methoxy groups -OCH3 is 1. The van der Waals surface area contributed by atoms with E-state index in [9.17, 15) is 0 Å². The van der Waals surface area contributed by atoms with Crippen molar-refractivity contribution in [1.82, 2.24) is 0 Å². The second kappa shape index (κ2) is 6.85. The van der Waals surface area contributed by atoms with Gasteiger partial charge in [0.05, 0.1) is 4.47 Å². The second-order valence-electron chi connectivity index (χ2n) is 3.20. The van der Waals surface area contributed by atoms with Crippen LogP contribution in [-0.4, -0.2) is 20.2 Å². The van der Waals surface area contributed by atoms with Crippen LogP contribution >= 0.6 is 15.9 Å². The van der Waals surface area contributed by atoms with Crippen molar-refractivity contribution in [2.45, 2.75) is 19.8 Å². The highest BCUT2D eigenvalue weighted by atomic mass is 79.9. The fraction of sp³-hybridized carbons (Fsp3) is 0.455. The average Bonchev–Trinajstić information content (AvgIpc) is 2.30. The number of benzene rings is 1. The van der Waals surface area contributed by atoms with Crippen molar-refractivity contribution in [2.75, 3.05) is 13.9 Å². The smallest absolute Gasteiger partial charge is 0.191 e. The van der Waals surface area contributed by atoms with Crippen LogP contribution in [0.4, 0.5) is 0 Å². The molecule has 0 aliphatic rings. The third kappa shape index (κ3) is 4.09. The first kappa shape index (κ1) is 13.4. The zero-order valence-corrected chi connectivity index (χ0v) is 11.0. The molecule has 0 spiro atoms. The Morgan fingerprint density at radius 2 is 2.19 bits per heavy atom. The van der Waals surface area contributed by atoms with Gasteiger partial charge in [-0.15, -0.1) is 0 Å². The van der Waals surface area contributed by atoms with Crippen LogP contribution in [-0.2, 0) is 16.0 Å². The highest BCUT2D eigenvalue weighted by Gasteiger charge is 2.03. The molecular weight excluding hydrogens is 274 g/mol. The molecule has 16 heavy (non-hydrogen) atoms. The number of halogens is 1. The first-order chi connectivity index (χ1) is 7.67. The topological polar surface area (TPSA) is 53.7 Å². The van der Waals surface area contributed by atoms with Crippen LogP contribution in [0, 0.1) is 0 Å². The van der Waals surface area contributed by atoms with Crippen LogP contribution in [0.1, 0.15) is 12.5 Å². The Labute approximate surface area is 104 Å². The standard InChI is InChI=1S/C11H16BrNO3/c1-8(14-2)15-7-16-11-4-3-9(6-13)5-10(11)12/h3-5,8H,6-7,13H2,1-2H3. The molecule has 0 saturated heterocycles. The highest BCUT2D eigenvalue weighted by Crippen LogP contribution is 2.25. The fourth-order valence-electron chi connectivity index (χ4n) is 1.05. The molecule has 1 rings (SSSR count). The normalized spacial score (nSPS) is 12.5. The minimum absolute atomic E-state index is 0.148. The van der Waals surface area contributed by atoms with Crippen molar-refractivity contribution in [3.63, 3.8) is 0 Å². The zero-order valence-electron chi connectivity index (χ0n) is 9.40. The molecule has 0 heterocycles. The van der Waals surface area contributed by atoms with Gasteiger partial charge < -0.3 is 19.9 Å². The predicted molar refractivity (Wildman–Crippen MR) is 65.1 cm³/mol. The lowest BCUT2D eigenvalue weighted by Crippen LogP contribution is -2.14. The van der Waals surface area contributed by atoms with E-state index >= 15 is 0 Å². The molecule has 4 nitrogen and oxygen atoms in total. The Hall–Kier alpha value is -0.620. The molecule has 0 saturated carbocycles. The van der Waals surface area contributed by atoms with E-state index in [1.165, 1.54) is 0 Å². The summed E-state index contributed by atoms with van der Waals surface area (Å²) in [6, 6.07) is 5.70. The molecular formula is C11H16BrNO3. The second-order valence-corrected chi connectivity index (χ2v) is 4.06. The summed E-state index contributed by atoms with van der Waals surface area (Å²) >= 11 is 3.40. The number of ether oxygens (including phenoxy) is 3. The van der Waals surface area contributed by atoms with Gasteiger partial charge in [-0.25, -0.2) is 0 Å². The molecule has 1 atom stereocenters.